The van der Waals surface area contributed by atoms with E-state index in [0.29, 0.717) is 25.6 Å². The van der Waals surface area contributed by atoms with Crippen molar-refractivity contribution in [2.75, 3.05) is 26.2 Å². The van der Waals surface area contributed by atoms with Crippen LogP contribution in [0.2, 0.25) is 0 Å². The molecule has 3 rings (SSSR count). The Morgan fingerprint density at radius 2 is 2.18 bits per heavy atom. The number of carbonyl (C=O) groups is 1. The first kappa shape index (κ1) is 15.5. The Hall–Kier alpha value is -1.39. The van der Waals surface area contributed by atoms with Crippen molar-refractivity contribution < 1.29 is 9.53 Å². The van der Waals surface area contributed by atoms with Crippen molar-refractivity contribution in [3.05, 3.63) is 35.9 Å². The van der Waals surface area contributed by atoms with Crippen LogP contribution in [0.25, 0.3) is 0 Å². The first-order valence-corrected chi connectivity index (χ1v) is 8.39. The van der Waals surface area contributed by atoms with E-state index in [-0.39, 0.29) is 11.5 Å². The Bertz CT molecular complexity index is 497. The summed E-state index contributed by atoms with van der Waals surface area (Å²) < 4.78 is 5.90. The van der Waals surface area contributed by atoms with Gasteiger partial charge in [0, 0.05) is 26.2 Å². The van der Waals surface area contributed by atoms with E-state index in [1.54, 1.807) is 0 Å². The van der Waals surface area contributed by atoms with Crippen LogP contribution in [0.4, 0.5) is 0 Å². The van der Waals surface area contributed by atoms with Crippen molar-refractivity contribution in [2.24, 2.45) is 5.41 Å². The molecule has 1 amide bonds. The molecule has 2 saturated heterocycles. The van der Waals surface area contributed by atoms with Crippen molar-refractivity contribution in [1.29, 1.82) is 0 Å². The third-order valence-corrected chi connectivity index (χ3v) is 4.87. The van der Waals surface area contributed by atoms with Gasteiger partial charge in [-0.15, -0.1) is 0 Å². The van der Waals surface area contributed by atoms with E-state index >= 15 is 0 Å². The molecular formula is C18H26N2O2. The van der Waals surface area contributed by atoms with Gasteiger partial charge < -0.3 is 15.0 Å². The highest BCUT2D eigenvalue weighted by Gasteiger charge is 2.47. The molecule has 2 heterocycles. The molecule has 120 valence electrons. The van der Waals surface area contributed by atoms with Crippen LogP contribution < -0.4 is 5.32 Å². The van der Waals surface area contributed by atoms with Gasteiger partial charge in [-0.25, -0.2) is 0 Å². The standard InChI is InChI=1S/C18H26N2O2/c1-2-22-16-11-18(9-6-10-19-14-18)17(21)20(13-16)12-15-7-4-3-5-8-15/h3-5,7-8,16,19H,2,6,9-14H2,1H3/t16-,18-/m0/s1. The molecule has 2 atom stereocenters. The van der Waals surface area contributed by atoms with Crippen LogP contribution in [0.3, 0.4) is 0 Å². The average molecular weight is 302 g/mol. The minimum atomic E-state index is -0.259. The number of ether oxygens (including phenoxy) is 1. The summed E-state index contributed by atoms with van der Waals surface area (Å²) >= 11 is 0. The number of piperidine rings is 2. The Labute approximate surface area is 132 Å². The number of likely N-dealkylation sites (tertiary alicyclic amines) is 1. The quantitative estimate of drug-likeness (QED) is 0.927. The number of benzene rings is 1. The summed E-state index contributed by atoms with van der Waals surface area (Å²) in [7, 11) is 0. The van der Waals surface area contributed by atoms with Gasteiger partial charge in [0.15, 0.2) is 0 Å². The lowest BCUT2D eigenvalue weighted by Crippen LogP contribution is -2.59. The first-order valence-electron chi connectivity index (χ1n) is 8.39. The molecule has 2 aliphatic rings. The Balaban J connectivity index is 1.79. The molecular weight excluding hydrogens is 276 g/mol. The molecule has 4 heteroatoms. The van der Waals surface area contributed by atoms with Crippen LogP contribution in [0.5, 0.6) is 0 Å². The van der Waals surface area contributed by atoms with Gasteiger partial charge in [-0.1, -0.05) is 30.3 Å². The minimum Gasteiger partial charge on any atom is -0.377 e. The van der Waals surface area contributed by atoms with Crippen molar-refractivity contribution >= 4 is 5.91 Å². The van der Waals surface area contributed by atoms with Crippen LogP contribution in [0.15, 0.2) is 30.3 Å². The van der Waals surface area contributed by atoms with Crippen LogP contribution in [-0.4, -0.2) is 43.2 Å². The number of hydrogen-bond acceptors (Lipinski definition) is 3. The molecule has 1 aromatic rings. The van der Waals surface area contributed by atoms with Gasteiger partial charge in [0.2, 0.25) is 5.91 Å². The maximum Gasteiger partial charge on any atom is 0.230 e. The molecule has 2 aliphatic heterocycles. The summed E-state index contributed by atoms with van der Waals surface area (Å²) in [6.45, 7) is 5.95. The smallest absolute Gasteiger partial charge is 0.230 e. The predicted octanol–water partition coefficient (Wildman–Crippen LogP) is 2.19. The van der Waals surface area contributed by atoms with Gasteiger partial charge in [-0.05, 0) is 38.3 Å². The number of hydrogen-bond donors (Lipinski definition) is 1. The molecule has 0 aliphatic carbocycles. The SMILES string of the molecule is CCO[C@@H]1CN(Cc2ccccc2)C(=O)[C@@]2(CCCNC2)C1. The van der Waals surface area contributed by atoms with Crippen molar-refractivity contribution in [2.45, 2.75) is 38.8 Å². The summed E-state index contributed by atoms with van der Waals surface area (Å²) in [4.78, 5) is 15.1. The second-order valence-electron chi connectivity index (χ2n) is 6.51. The van der Waals surface area contributed by atoms with Crippen LogP contribution in [0, 0.1) is 5.41 Å². The van der Waals surface area contributed by atoms with E-state index in [1.807, 2.05) is 30.0 Å². The van der Waals surface area contributed by atoms with Gasteiger partial charge in [0.1, 0.15) is 0 Å². The number of nitrogens with one attached hydrogen (secondary N) is 1. The summed E-state index contributed by atoms with van der Waals surface area (Å²) in [6, 6.07) is 10.2. The lowest BCUT2D eigenvalue weighted by molar-refractivity contribution is -0.157. The van der Waals surface area contributed by atoms with E-state index in [2.05, 4.69) is 17.4 Å². The molecule has 0 unspecified atom stereocenters. The normalized spacial score (nSPS) is 29.0. The van der Waals surface area contributed by atoms with Crippen molar-refractivity contribution in [3.63, 3.8) is 0 Å². The topological polar surface area (TPSA) is 41.6 Å². The van der Waals surface area contributed by atoms with E-state index in [9.17, 15) is 4.79 Å². The fourth-order valence-electron chi connectivity index (χ4n) is 3.86. The number of amides is 1. The molecule has 2 fully saturated rings. The third kappa shape index (κ3) is 3.18. The fraction of sp³-hybridized carbons (Fsp3) is 0.611. The zero-order valence-electron chi connectivity index (χ0n) is 13.4. The van der Waals surface area contributed by atoms with Gasteiger partial charge in [-0.2, -0.15) is 0 Å². The van der Waals surface area contributed by atoms with E-state index in [4.69, 9.17) is 4.74 Å². The molecule has 4 nitrogen and oxygen atoms in total. The summed E-state index contributed by atoms with van der Waals surface area (Å²) in [5.74, 6) is 0.305. The predicted molar refractivity (Wildman–Crippen MR) is 86.4 cm³/mol. The van der Waals surface area contributed by atoms with Crippen LogP contribution in [0.1, 0.15) is 31.7 Å². The number of nitrogens with zero attached hydrogens (tertiary/aromatic N) is 1. The third-order valence-electron chi connectivity index (χ3n) is 4.87. The Morgan fingerprint density at radius 1 is 1.36 bits per heavy atom. The Morgan fingerprint density at radius 3 is 2.86 bits per heavy atom. The average Bonchev–Trinajstić information content (AvgIpc) is 2.54. The molecule has 0 bridgehead atoms. The van der Waals surface area contributed by atoms with Gasteiger partial charge >= 0.3 is 0 Å². The molecule has 1 aromatic carbocycles. The van der Waals surface area contributed by atoms with E-state index < -0.39 is 0 Å². The van der Waals surface area contributed by atoms with Crippen molar-refractivity contribution in [3.8, 4) is 0 Å². The molecule has 0 saturated carbocycles. The zero-order valence-corrected chi connectivity index (χ0v) is 13.4. The van der Waals surface area contributed by atoms with Gasteiger partial charge in [0.25, 0.3) is 0 Å². The molecule has 0 aromatic heterocycles. The lowest BCUT2D eigenvalue weighted by atomic mass is 9.72. The van der Waals surface area contributed by atoms with Crippen LogP contribution in [-0.2, 0) is 16.1 Å². The number of rotatable bonds is 4. The molecule has 1 N–H and O–H groups in total. The highest BCUT2D eigenvalue weighted by Crippen LogP contribution is 2.38. The maximum absolute atomic E-state index is 13.1. The molecule has 0 radical (unpaired) electrons. The lowest BCUT2D eigenvalue weighted by Gasteiger charge is -2.47. The summed E-state index contributed by atoms with van der Waals surface area (Å²) in [6.07, 6.45) is 3.07. The van der Waals surface area contributed by atoms with Crippen molar-refractivity contribution in [1.82, 2.24) is 10.2 Å². The molecule has 22 heavy (non-hydrogen) atoms. The highest BCUT2D eigenvalue weighted by molar-refractivity contribution is 5.84. The second kappa shape index (κ2) is 6.80. The summed E-state index contributed by atoms with van der Waals surface area (Å²) in [5.41, 5.74) is 0.928. The fourth-order valence-corrected chi connectivity index (χ4v) is 3.86. The van der Waals surface area contributed by atoms with Gasteiger partial charge in [-0.3, -0.25) is 4.79 Å². The monoisotopic (exact) mass is 302 g/mol. The van der Waals surface area contributed by atoms with E-state index in [0.717, 1.165) is 32.4 Å². The first-order chi connectivity index (χ1) is 10.7. The highest BCUT2D eigenvalue weighted by atomic mass is 16.5. The van der Waals surface area contributed by atoms with Gasteiger partial charge in [0.05, 0.1) is 11.5 Å². The largest absolute Gasteiger partial charge is 0.377 e. The summed E-state index contributed by atoms with van der Waals surface area (Å²) in [5, 5.41) is 3.42. The van der Waals surface area contributed by atoms with Crippen LogP contribution >= 0.6 is 0 Å². The van der Waals surface area contributed by atoms with E-state index in [1.165, 1.54) is 5.56 Å². The number of carbonyl (C=O) groups excluding carboxylic acids is 1. The Kier molecular flexibility index (Phi) is 4.79. The maximum atomic E-state index is 13.1. The second-order valence-corrected chi connectivity index (χ2v) is 6.51. The zero-order chi connectivity index (χ0) is 15.4. The minimum absolute atomic E-state index is 0.159. The molecule has 1 spiro atoms.